The molecule has 0 aliphatic carbocycles. The van der Waals surface area contributed by atoms with Crippen LogP contribution in [0, 0.1) is 0 Å². The molecule has 0 unspecified atom stereocenters. The molecule has 0 aliphatic rings. The van der Waals surface area contributed by atoms with Crippen molar-refractivity contribution in [2.24, 2.45) is 0 Å². The topological polar surface area (TPSA) is 53.4 Å². The van der Waals surface area contributed by atoms with Crippen molar-refractivity contribution < 1.29 is 9.90 Å². The van der Waals surface area contributed by atoms with Crippen LogP contribution in [0.15, 0.2) is 30.3 Å². The Morgan fingerprint density at radius 1 is 1.22 bits per heavy atom. The van der Waals surface area contributed by atoms with Crippen LogP contribution >= 0.6 is 0 Å². The molecule has 0 amide bonds. The number of hydrogen-bond acceptors (Lipinski definition) is 3. The van der Waals surface area contributed by atoms with Gasteiger partial charge < -0.3 is 10.0 Å². The lowest BCUT2D eigenvalue weighted by atomic mass is 10.1. The van der Waals surface area contributed by atoms with Crippen LogP contribution in [0.2, 0.25) is 0 Å². The highest BCUT2D eigenvalue weighted by Gasteiger charge is 2.07. The molecule has 0 atom stereocenters. The summed E-state index contributed by atoms with van der Waals surface area (Å²) in [5, 5.41) is 9.79. The van der Waals surface area contributed by atoms with Gasteiger partial charge in [0.1, 0.15) is 5.82 Å². The Kier molecular flexibility index (Phi) is 3.46. The fourth-order valence-electron chi connectivity index (χ4n) is 1.97. The van der Waals surface area contributed by atoms with Crippen LogP contribution in [0.4, 0.5) is 5.82 Å². The average molecular weight is 244 g/mol. The molecule has 0 radical (unpaired) electrons. The molecule has 2 aromatic rings. The van der Waals surface area contributed by atoms with E-state index in [0.717, 1.165) is 29.8 Å². The third-order valence-corrected chi connectivity index (χ3v) is 3.01. The first kappa shape index (κ1) is 12.4. The first-order valence-corrected chi connectivity index (χ1v) is 6.04. The van der Waals surface area contributed by atoms with Gasteiger partial charge in [-0.05, 0) is 44.2 Å². The van der Waals surface area contributed by atoms with Crippen molar-refractivity contribution in [3.63, 3.8) is 0 Å². The molecule has 4 nitrogen and oxygen atoms in total. The van der Waals surface area contributed by atoms with Gasteiger partial charge in [-0.2, -0.15) is 0 Å². The van der Waals surface area contributed by atoms with E-state index in [-0.39, 0.29) is 0 Å². The summed E-state index contributed by atoms with van der Waals surface area (Å²) in [5.74, 6) is 0.0142. The zero-order chi connectivity index (χ0) is 13.1. The number of carbonyl (C=O) groups is 1. The molecular weight excluding hydrogens is 228 g/mol. The van der Waals surface area contributed by atoms with Crippen molar-refractivity contribution in [3.05, 3.63) is 35.9 Å². The van der Waals surface area contributed by atoms with Crippen LogP contribution in [-0.2, 0) is 0 Å². The first-order chi connectivity index (χ1) is 8.65. The van der Waals surface area contributed by atoms with Gasteiger partial charge in [0.2, 0.25) is 0 Å². The largest absolute Gasteiger partial charge is 0.478 e. The van der Waals surface area contributed by atoms with Crippen molar-refractivity contribution in [1.82, 2.24) is 4.98 Å². The lowest BCUT2D eigenvalue weighted by molar-refractivity contribution is 0.0697. The molecule has 2 rings (SSSR count). The Bertz CT molecular complexity index is 577. The van der Waals surface area contributed by atoms with E-state index in [0.29, 0.717) is 5.56 Å². The summed E-state index contributed by atoms with van der Waals surface area (Å²) >= 11 is 0. The van der Waals surface area contributed by atoms with Gasteiger partial charge in [-0.15, -0.1) is 0 Å². The Hall–Kier alpha value is -2.10. The maximum absolute atomic E-state index is 10.9. The maximum Gasteiger partial charge on any atom is 0.335 e. The number of carboxylic acid groups (broad SMARTS) is 1. The van der Waals surface area contributed by atoms with Gasteiger partial charge in [-0.25, -0.2) is 9.78 Å². The van der Waals surface area contributed by atoms with Crippen molar-refractivity contribution in [2.45, 2.75) is 13.8 Å². The van der Waals surface area contributed by atoms with Gasteiger partial charge in [-0.1, -0.05) is 0 Å². The molecule has 0 aliphatic heterocycles. The van der Waals surface area contributed by atoms with Crippen LogP contribution in [0.5, 0.6) is 0 Å². The van der Waals surface area contributed by atoms with Crippen LogP contribution in [0.25, 0.3) is 10.9 Å². The number of aromatic nitrogens is 1. The van der Waals surface area contributed by atoms with Crippen LogP contribution < -0.4 is 4.90 Å². The smallest absolute Gasteiger partial charge is 0.335 e. The summed E-state index contributed by atoms with van der Waals surface area (Å²) in [5.41, 5.74) is 1.12. The second-order valence-electron chi connectivity index (χ2n) is 4.05. The van der Waals surface area contributed by atoms with Crippen molar-refractivity contribution in [1.29, 1.82) is 0 Å². The van der Waals surface area contributed by atoms with E-state index in [9.17, 15) is 4.79 Å². The molecule has 1 heterocycles. The third kappa shape index (κ3) is 2.27. The second-order valence-corrected chi connectivity index (χ2v) is 4.05. The molecular formula is C14H16N2O2. The summed E-state index contributed by atoms with van der Waals surface area (Å²) in [7, 11) is 0. The number of rotatable bonds is 4. The summed E-state index contributed by atoms with van der Waals surface area (Å²) < 4.78 is 0. The van der Waals surface area contributed by atoms with E-state index in [1.807, 2.05) is 12.1 Å². The van der Waals surface area contributed by atoms with E-state index in [4.69, 9.17) is 5.11 Å². The first-order valence-electron chi connectivity index (χ1n) is 6.04. The Morgan fingerprint density at radius 3 is 2.56 bits per heavy atom. The summed E-state index contributed by atoms with van der Waals surface area (Å²) in [6, 6.07) is 8.84. The summed E-state index contributed by atoms with van der Waals surface area (Å²) in [6.45, 7) is 5.98. The number of pyridine rings is 1. The number of aromatic carboxylic acids is 1. The Morgan fingerprint density at radius 2 is 1.94 bits per heavy atom. The Balaban J connectivity index is 2.47. The Labute approximate surface area is 106 Å². The molecule has 94 valence electrons. The van der Waals surface area contributed by atoms with Crippen LogP contribution in [0.1, 0.15) is 24.2 Å². The minimum Gasteiger partial charge on any atom is -0.478 e. The molecule has 18 heavy (non-hydrogen) atoms. The van der Waals surface area contributed by atoms with Gasteiger partial charge in [0, 0.05) is 18.5 Å². The summed E-state index contributed by atoms with van der Waals surface area (Å²) in [4.78, 5) is 17.6. The lowest BCUT2D eigenvalue weighted by Gasteiger charge is -2.19. The minimum atomic E-state index is -0.912. The highest BCUT2D eigenvalue weighted by Crippen LogP contribution is 2.19. The molecule has 0 saturated carbocycles. The molecule has 0 bridgehead atoms. The molecule has 1 N–H and O–H groups in total. The standard InChI is InChI=1S/C14H16N2O2/c1-3-16(4-2)13-8-6-10-9-11(14(17)18)5-7-12(10)15-13/h5-9H,3-4H2,1-2H3,(H,17,18). The number of fused-ring (bicyclic) bond motifs is 1. The summed E-state index contributed by atoms with van der Waals surface area (Å²) in [6.07, 6.45) is 0. The van der Waals surface area contributed by atoms with E-state index in [1.54, 1.807) is 18.2 Å². The van der Waals surface area contributed by atoms with E-state index >= 15 is 0 Å². The minimum absolute atomic E-state index is 0.292. The van der Waals surface area contributed by atoms with Gasteiger partial charge in [-0.3, -0.25) is 0 Å². The van der Waals surface area contributed by atoms with Crippen LogP contribution in [0.3, 0.4) is 0 Å². The highest BCUT2D eigenvalue weighted by atomic mass is 16.4. The van der Waals surface area contributed by atoms with Gasteiger partial charge >= 0.3 is 5.97 Å². The number of anilines is 1. The van der Waals surface area contributed by atoms with Gasteiger partial charge in [0.25, 0.3) is 0 Å². The fraction of sp³-hybridized carbons (Fsp3) is 0.286. The average Bonchev–Trinajstić information content (AvgIpc) is 2.39. The van der Waals surface area contributed by atoms with Crippen LogP contribution in [-0.4, -0.2) is 29.1 Å². The predicted octanol–water partition coefficient (Wildman–Crippen LogP) is 2.78. The lowest BCUT2D eigenvalue weighted by Crippen LogP contribution is -2.22. The van der Waals surface area contributed by atoms with E-state index < -0.39 is 5.97 Å². The van der Waals surface area contributed by atoms with Crippen molar-refractivity contribution in [3.8, 4) is 0 Å². The fourth-order valence-corrected chi connectivity index (χ4v) is 1.97. The SMILES string of the molecule is CCN(CC)c1ccc2cc(C(=O)O)ccc2n1. The zero-order valence-electron chi connectivity index (χ0n) is 10.6. The highest BCUT2D eigenvalue weighted by molar-refractivity contribution is 5.93. The van der Waals surface area contributed by atoms with Gasteiger partial charge in [0.05, 0.1) is 11.1 Å². The van der Waals surface area contributed by atoms with Crippen molar-refractivity contribution in [2.75, 3.05) is 18.0 Å². The van der Waals surface area contributed by atoms with E-state index in [2.05, 4.69) is 23.7 Å². The second kappa shape index (κ2) is 5.04. The quantitative estimate of drug-likeness (QED) is 0.898. The number of nitrogens with zero attached hydrogens (tertiary/aromatic N) is 2. The number of benzene rings is 1. The molecule has 1 aromatic heterocycles. The predicted molar refractivity (Wildman–Crippen MR) is 72.3 cm³/mol. The third-order valence-electron chi connectivity index (χ3n) is 3.01. The number of hydrogen-bond donors (Lipinski definition) is 1. The normalized spacial score (nSPS) is 10.6. The number of carboxylic acids is 1. The zero-order valence-corrected chi connectivity index (χ0v) is 10.6. The molecule has 0 saturated heterocycles. The van der Waals surface area contributed by atoms with Gasteiger partial charge in [0.15, 0.2) is 0 Å². The van der Waals surface area contributed by atoms with Crippen molar-refractivity contribution >= 4 is 22.7 Å². The maximum atomic E-state index is 10.9. The monoisotopic (exact) mass is 244 g/mol. The molecule has 4 heteroatoms. The molecule has 1 aromatic carbocycles. The molecule has 0 spiro atoms. The van der Waals surface area contributed by atoms with E-state index in [1.165, 1.54) is 0 Å². The molecule has 0 fully saturated rings.